The number of carbonyl (C=O) groups excluding carboxylic acids is 1. The molecule has 0 bridgehead atoms. The third-order valence-corrected chi connectivity index (χ3v) is 5.23. The summed E-state index contributed by atoms with van der Waals surface area (Å²) in [5, 5.41) is 13.3. The van der Waals surface area contributed by atoms with E-state index in [0.717, 1.165) is 11.1 Å². The van der Waals surface area contributed by atoms with Gasteiger partial charge in [-0.15, -0.1) is 0 Å². The quantitative estimate of drug-likeness (QED) is 0.328. The number of nitrogens with one attached hydrogen (secondary N) is 1. The molecule has 0 saturated carbocycles. The number of nitrogens with zero attached hydrogens (tertiary/aromatic N) is 1. The van der Waals surface area contributed by atoms with Crippen molar-refractivity contribution in [3.05, 3.63) is 99.0 Å². The van der Waals surface area contributed by atoms with Crippen LogP contribution in [0.25, 0.3) is 6.08 Å². The molecule has 0 aromatic heterocycles. The molecule has 0 radical (unpaired) electrons. The van der Waals surface area contributed by atoms with E-state index in [1.54, 1.807) is 24.3 Å². The van der Waals surface area contributed by atoms with Crippen LogP contribution in [0.4, 0.5) is 5.69 Å². The molecule has 0 fully saturated rings. The number of anilines is 1. The van der Waals surface area contributed by atoms with Crippen LogP contribution in [0, 0.1) is 11.3 Å². The molecule has 31 heavy (non-hydrogen) atoms. The molecule has 0 aliphatic carbocycles. The third-order valence-electron chi connectivity index (χ3n) is 4.53. The van der Waals surface area contributed by atoms with E-state index >= 15 is 0 Å². The van der Waals surface area contributed by atoms with Gasteiger partial charge in [-0.2, -0.15) is 5.26 Å². The summed E-state index contributed by atoms with van der Waals surface area (Å²) < 4.78 is 5.80. The van der Waals surface area contributed by atoms with Gasteiger partial charge in [-0.3, -0.25) is 4.79 Å². The number of ether oxygens (including phenoxy) is 1. The Bertz CT molecular complexity index is 1170. The predicted octanol–water partition coefficient (Wildman–Crippen LogP) is 6.53. The minimum atomic E-state index is -0.534. The number of hydrogen-bond acceptors (Lipinski definition) is 3. The number of nitriles is 1. The Kier molecular flexibility index (Phi) is 7.72. The number of hydrogen-bond donors (Lipinski definition) is 1. The highest BCUT2D eigenvalue weighted by atomic mass is 35.5. The predicted molar refractivity (Wildman–Crippen MR) is 126 cm³/mol. The average molecular weight is 451 g/mol. The molecule has 6 heteroatoms. The summed E-state index contributed by atoms with van der Waals surface area (Å²) in [6.45, 7) is 2.39. The van der Waals surface area contributed by atoms with Crippen molar-refractivity contribution in [1.82, 2.24) is 0 Å². The first kappa shape index (κ1) is 22.4. The van der Waals surface area contributed by atoms with Crippen LogP contribution >= 0.6 is 23.2 Å². The second-order valence-electron chi connectivity index (χ2n) is 6.67. The fraction of sp³-hybridized carbons (Fsp3) is 0.120. The van der Waals surface area contributed by atoms with Gasteiger partial charge in [-0.25, -0.2) is 0 Å². The molecule has 0 spiro atoms. The highest BCUT2D eigenvalue weighted by Gasteiger charge is 2.13. The standard InChI is InChI=1S/C25H20Cl2N2O2/c1-2-31-24-14-17(11-12-19(24)15-18-7-3-4-8-21(18)26)13-20(16-28)25(30)29-23-10-6-5-9-22(23)27/h3-14H,2,15H2,1H3,(H,29,30)/b20-13+. The van der Waals surface area contributed by atoms with Crippen LogP contribution in [0.15, 0.2) is 72.3 Å². The van der Waals surface area contributed by atoms with Crippen molar-refractivity contribution in [1.29, 1.82) is 5.26 Å². The van der Waals surface area contributed by atoms with Gasteiger partial charge in [0.2, 0.25) is 0 Å². The number of halogens is 2. The molecule has 4 nitrogen and oxygen atoms in total. The molecule has 0 aliphatic rings. The van der Waals surface area contributed by atoms with Crippen molar-refractivity contribution in [2.45, 2.75) is 13.3 Å². The molecule has 3 aromatic carbocycles. The van der Waals surface area contributed by atoms with Gasteiger partial charge in [0, 0.05) is 11.4 Å². The van der Waals surface area contributed by atoms with Crippen molar-refractivity contribution < 1.29 is 9.53 Å². The normalized spacial score (nSPS) is 11.0. The monoisotopic (exact) mass is 450 g/mol. The number of para-hydroxylation sites is 1. The van der Waals surface area contributed by atoms with E-state index in [2.05, 4.69) is 5.32 Å². The molecule has 3 rings (SSSR count). The lowest BCUT2D eigenvalue weighted by atomic mass is 10.0. The van der Waals surface area contributed by atoms with Crippen molar-refractivity contribution in [3.8, 4) is 11.8 Å². The minimum Gasteiger partial charge on any atom is -0.494 e. The molecule has 0 aliphatic heterocycles. The molecule has 3 aromatic rings. The summed E-state index contributed by atoms with van der Waals surface area (Å²) in [4.78, 5) is 12.6. The van der Waals surface area contributed by atoms with Crippen molar-refractivity contribution >= 4 is 40.9 Å². The summed E-state index contributed by atoms with van der Waals surface area (Å²) in [7, 11) is 0. The lowest BCUT2D eigenvalue weighted by molar-refractivity contribution is -0.112. The number of carbonyl (C=O) groups is 1. The lowest BCUT2D eigenvalue weighted by Gasteiger charge is -2.12. The zero-order chi connectivity index (χ0) is 22.2. The Morgan fingerprint density at radius 3 is 2.42 bits per heavy atom. The summed E-state index contributed by atoms with van der Waals surface area (Å²) in [6, 6.07) is 22.0. The molecular formula is C25H20Cl2N2O2. The largest absolute Gasteiger partial charge is 0.494 e. The summed E-state index contributed by atoms with van der Waals surface area (Å²) in [6.07, 6.45) is 2.13. The average Bonchev–Trinajstić information content (AvgIpc) is 2.77. The van der Waals surface area contributed by atoms with E-state index in [-0.39, 0.29) is 5.57 Å². The molecular weight excluding hydrogens is 431 g/mol. The number of benzene rings is 3. The maximum absolute atomic E-state index is 12.6. The molecule has 0 atom stereocenters. The molecule has 1 amide bonds. The van der Waals surface area contributed by atoms with E-state index in [1.807, 2.05) is 55.5 Å². The van der Waals surface area contributed by atoms with Crippen LogP contribution in [-0.4, -0.2) is 12.5 Å². The Morgan fingerprint density at radius 2 is 1.74 bits per heavy atom. The fourth-order valence-corrected chi connectivity index (χ4v) is 3.40. The minimum absolute atomic E-state index is 0.0405. The lowest BCUT2D eigenvalue weighted by Crippen LogP contribution is -2.13. The summed E-state index contributed by atoms with van der Waals surface area (Å²) in [5.74, 6) is 0.147. The van der Waals surface area contributed by atoms with Crippen molar-refractivity contribution in [2.75, 3.05) is 11.9 Å². The first-order valence-corrected chi connectivity index (χ1v) is 10.4. The van der Waals surface area contributed by atoms with Crippen LogP contribution < -0.4 is 10.1 Å². The fourth-order valence-electron chi connectivity index (χ4n) is 3.01. The number of rotatable bonds is 7. The Morgan fingerprint density at radius 1 is 1.03 bits per heavy atom. The van der Waals surface area contributed by atoms with E-state index in [4.69, 9.17) is 27.9 Å². The number of amides is 1. The van der Waals surface area contributed by atoms with Crippen LogP contribution in [0.3, 0.4) is 0 Å². The first-order valence-electron chi connectivity index (χ1n) is 9.68. The van der Waals surface area contributed by atoms with Crippen molar-refractivity contribution in [2.24, 2.45) is 0 Å². The molecule has 156 valence electrons. The second-order valence-corrected chi connectivity index (χ2v) is 7.49. The molecule has 0 unspecified atom stereocenters. The van der Waals surface area contributed by atoms with E-state index in [0.29, 0.717) is 40.1 Å². The van der Waals surface area contributed by atoms with Gasteiger partial charge < -0.3 is 10.1 Å². The van der Waals surface area contributed by atoms with E-state index in [9.17, 15) is 10.1 Å². The van der Waals surface area contributed by atoms with Gasteiger partial charge in [-0.05, 0) is 54.0 Å². The summed E-state index contributed by atoms with van der Waals surface area (Å²) >= 11 is 12.4. The second kappa shape index (κ2) is 10.7. The van der Waals surface area contributed by atoms with Gasteiger partial charge in [0.25, 0.3) is 5.91 Å². The third kappa shape index (κ3) is 5.88. The van der Waals surface area contributed by atoms with E-state index < -0.39 is 5.91 Å². The Balaban J connectivity index is 1.87. The zero-order valence-electron chi connectivity index (χ0n) is 16.9. The van der Waals surface area contributed by atoms with Crippen LogP contribution in [0.5, 0.6) is 5.75 Å². The maximum Gasteiger partial charge on any atom is 0.266 e. The summed E-state index contributed by atoms with van der Waals surface area (Å²) in [5.41, 5.74) is 3.04. The Hall–Kier alpha value is -3.26. The van der Waals surface area contributed by atoms with Gasteiger partial charge in [0.15, 0.2) is 0 Å². The molecule has 1 N–H and O–H groups in total. The first-order chi connectivity index (χ1) is 15.0. The smallest absolute Gasteiger partial charge is 0.266 e. The maximum atomic E-state index is 12.6. The van der Waals surface area contributed by atoms with Gasteiger partial charge >= 0.3 is 0 Å². The highest BCUT2D eigenvalue weighted by molar-refractivity contribution is 6.34. The van der Waals surface area contributed by atoms with Gasteiger partial charge in [0.1, 0.15) is 17.4 Å². The van der Waals surface area contributed by atoms with Crippen LogP contribution in [-0.2, 0) is 11.2 Å². The highest BCUT2D eigenvalue weighted by Crippen LogP contribution is 2.28. The molecule has 0 heterocycles. The zero-order valence-corrected chi connectivity index (χ0v) is 18.4. The van der Waals surface area contributed by atoms with Gasteiger partial charge in [0.05, 0.1) is 17.3 Å². The van der Waals surface area contributed by atoms with E-state index in [1.165, 1.54) is 6.08 Å². The Labute approximate surface area is 191 Å². The topological polar surface area (TPSA) is 62.1 Å². The molecule has 0 saturated heterocycles. The van der Waals surface area contributed by atoms with Crippen LogP contribution in [0.1, 0.15) is 23.6 Å². The SMILES string of the molecule is CCOc1cc(/C=C(\C#N)C(=O)Nc2ccccc2Cl)ccc1Cc1ccccc1Cl. The van der Waals surface area contributed by atoms with Crippen molar-refractivity contribution in [3.63, 3.8) is 0 Å². The van der Waals surface area contributed by atoms with Gasteiger partial charge in [-0.1, -0.05) is 65.7 Å². The van der Waals surface area contributed by atoms with Crippen LogP contribution in [0.2, 0.25) is 10.0 Å².